The third-order valence-electron chi connectivity index (χ3n) is 12.0. The molecule has 5 heterocycles. The van der Waals surface area contributed by atoms with E-state index >= 15 is 0 Å². The highest BCUT2D eigenvalue weighted by Gasteiger charge is 2.31. The van der Waals surface area contributed by atoms with Crippen molar-refractivity contribution in [2.24, 2.45) is 0 Å². The van der Waals surface area contributed by atoms with Gasteiger partial charge in [0.2, 0.25) is 0 Å². The molecule has 0 spiro atoms. The number of nitrogens with one attached hydrogen (secondary N) is 1. The number of fused-ring (bicyclic) bond motifs is 14. The number of imidazole rings is 1. The summed E-state index contributed by atoms with van der Waals surface area (Å²) in [4.78, 5) is 5.23. The van der Waals surface area contributed by atoms with Gasteiger partial charge in [0.15, 0.2) is 6.29 Å². The van der Waals surface area contributed by atoms with Crippen LogP contribution in [0.3, 0.4) is 0 Å². The minimum Gasteiger partial charge on any atom is -0.347 e. The fourth-order valence-electron chi connectivity index (χ4n) is 9.64. The summed E-state index contributed by atoms with van der Waals surface area (Å²) in [5.74, 6) is 0.962. The van der Waals surface area contributed by atoms with Crippen molar-refractivity contribution in [1.82, 2.24) is 23.3 Å². The molecule has 56 heavy (non-hydrogen) atoms. The van der Waals surface area contributed by atoms with Gasteiger partial charge in [0, 0.05) is 54.9 Å². The van der Waals surface area contributed by atoms with E-state index in [-0.39, 0.29) is 6.29 Å². The number of benzene rings is 8. The van der Waals surface area contributed by atoms with E-state index in [1.165, 1.54) is 54.4 Å². The molecule has 1 atom stereocenters. The molecule has 0 bridgehead atoms. The Hall–Kier alpha value is -7.57. The molecule has 0 fully saturated rings. The zero-order chi connectivity index (χ0) is 36.5. The van der Waals surface area contributed by atoms with E-state index < -0.39 is 0 Å². The molecule has 0 radical (unpaired) electrons. The fraction of sp³-hybridized carbons (Fsp3) is 0.0200. The number of anilines is 1. The first-order valence-corrected chi connectivity index (χ1v) is 19.2. The number of para-hydroxylation sites is 7. The predicted molar refractivity (Wildman–Crippen MR) is 231 cm³/mol. The van der Waals surface area contributed by atoms with E-state index in [2.05, 4.69) is 206 Å². The van der Waals surface area contributed by atoms with E-state index in [9.17, 15) is 0 Å². The minimum absolute atomic E-state index is 0.273. The van der Waals surface area contributed by atoms with Gasteiger partial charge in [-0.25, -0.2) is 4.98 Å². The maximum atomic E-state index is 5.23. The van der Waals surface area contributed by atoms with Crippen LogP contribution in [-0.2, 0) is 0 Å². The zero-order valence-corrected chi connectivity index (χ0v) is 30.1. The second-order valence-corrected chi connectivity index (χ2v) is 14.9. The Kier molecular flexibility index (Phi) is 5.86. The average molecular weight is 717 g/mol. The molecule has 6 heteroatoms. The highest BCUT2D eigenvalue weighted by Crippen LogP contribution is 2.44. The Morgan fingerprint density at radius 1 is 0.375 bits per heavy atom. The van der Waals surface area contributed by atoms with E-state index in [0.717, 1.165) is 50.5 Å². The van der Waals surface area contributed by atoms with Gasteiger partial charge in [0.1, 0.15) is 5.82 Å². The first-order valence-electron chi connectivity index (χ1n) is 19.2. The maximum absolute atomic E-state index is 5.23. The summed E-state index contributed by atoms with van der Waals surface area (Å²) in [6, 6.07) is 66.0. The van der Waals surface area contributed by atoms with Crippen LogP contribution in [0.15, 0.2) is 182 Å². The highest BCUT2D eigenvalue weighted by molar-refractivity contribution is 6.13. The predicted octanol–water partition coefficient (Wildman–Crippen LogP) is 12.4. The van der Waals surface area contributed by atoms with Crippen molar-refractivity contribution in [3.63, 3.8) is 0 Å². The van der Waals surface area contributed by atoms with Crippen LogP contribution >= 0.6 is 0 Å². The van der Waals surface area contributed by atoms with Gasteiger partial charge in [-0.3, -0.25) is 4.57 Å². The zero-order valence-electron chi connectivity index (χ0n) is 30.1. The van der Waals surface area contributed by atoms with Crippen LogP contribution in [0.5, 0.6) is 0 Å². The van der Waals surface area contributed by atoms with Gasteiger partial charge in [0.25, 0.3) is 0 Å². The molecule has 1 N–H and O–H groups in total. The molecule has 0 saturated carbocycles. The Morgan fingerprint density at radius 3 is 1.36 bits per heavy atom. The largest absolute Gasteiger partial charge is 0.347 e. The number of hydrogen-bond acceptors (Lipinski definition) is 2. The maximum Gasteiger partial charge on any atom is 0.188 e. The molecule has 12 aromatic rings. The summed E-state index contributed by atoms with van der Waals surface area (Å²) in [5, 5.41) is 11.4. The highest BCUT2D eigenvalue weighted by atomic mass is 15.4. The minimum atomic E-state index is -0.273. The first kappa shape index (κ1) is 29.8. The Labute approximate surface area is 320 Å². The lowest BCUT2D eigenvalue weighted by atomic mass is 10.1. The molecular weight excluding hydrogens is 685 g/mol. The van der Waals surface area contributed by atoms with Crippen molar-refractivity contribution >= 4 is 82.1 Å². The third-order valence-corrected chi connectivity index (χ3v) is 12.0. The standard InChI is InChI=1S/C50H32N6/c1-6-18-40-37(17-1)49-51-41-19-7-12-24-48(41)56(49)50(52-40)55-46-27-25-31(53-42-20-8-2-13-33(42)34-14-3-9-21-43(34)53)29-38(46)39-30-32(26-28-47(39)55)54-44-22-10-4-15-35(44)36-16-5-11-23-45(36)54/h1-30,50,52H. The van der Waals surface area contributed by atoms with Gasteiger partial charge >= 0.3 is 0 Å². The first-order chi connectivity index (χ1) is 27.8. The number of nitrogens with zero attached hydrogens (tertiary/aromatic N) is 5. The topological polar surface area (TPSA) is 44.6 Å². The van der Waals surface area contributed by atoms with Crippen molar-refractivity contribution in [2.75, 3.05) is 5.32 Å². The molecule has 0 aliphatic carbocycles. The summed E-state index contributed by atoms with van der Waals surface area (Å²) in [6.45, 7) is 0. The molecule has 1 aliphatic heterocycles. The van der Waals surface area contributed by atoms with Crippen molar-refractivity contribution in [2.45, 2.75) is 6.29 Å². The van der Waals surface area contributed by atoms with Crippen LogP contribution in [0.2, 0.25) is 0 Å². The normalized spacial score (nSPS) is 14.0. The summed E-state index contributed by atoms with van der Waals surface area (Å²) in [5.41, 5.74) is 13.6. The van der Waals surface area contributed by atoms with Crippen molar-refractivity contribution in [3.8, 4) is 22.8 Å². The number of hydrogen-bond donors (Lipinski definition) is 1. The van der Waals surface area contributed by atoms with Crippen LogP contribution < -0.4 is 5.32 Å². The average Bonchev–Trinajstić information content (AvgIpc) is 4.00. The van der Waals surface area contributed by atoms with Gasteiger partial charge in [-0.05, 0) is 84.9 Å². The second kappa shape index (κ2) is 11.0. The van der Waals surface area contributed by atoms with Crippen LogP contribution in [0, 0.1) is 0 Å². The van der Waals surface area contributed by atoms with E-state index in [4.69, 9.17) is 4.98 Å². The van der Waals surface area contributed by atoms with Gasteiger partial charge < -0.3 is 19.0 Å². The number of aromatic nitrogens is 5. The lowest BCUT2D eigenvalue weighted by molar-refractivity contribution is 0.520. The van der Waals surface area contributed by atoms with E-state index in [1.807, 2.05) is 0 Å². The molecular formula is C50H32N6. The second-order valence-electron chi connectivity index (χ2n) is 14.9. The Balaban J connectivity index is 1.14. The molecule has 8 aromatic carbocycles. The van der Waals surface area contributed by atoms with Crippen molar-refractivity contribution in [3.05, 3.63) is 182 Å². The van der Waals surface area contributed by atoms with Crippen molar-refractivity contribution in [1.29, 1.82) is 0 Å². The van der Waals surface area contributed by atoms with Crippen LogP contribution in [0.25, 0.3) is 99.2 Å². The Morgan fingerprint density at radius 2 is 0.821 bits per heavy atom. The monoisotopic (exact) mass is 716 g/mol. The summed E-state index contributed by atoms with van der Waals surface area (Å²) < 4.78 is 9.68. The lowest BCUT2D eigenvalue weighted by Crippen LogP contribution is -2.29. The van der Waals surface area contributed by atoms with Crippen LogP contribution in [-0.4, -0.2) is 23.3 Å². The smallest absolute Gasteiger partial charge is 0.188 e. The molecule has 0 saturated heterocycles. The van der Waals surface area contributed by atoms with Gasteiger partial charge in [-0.2, -0.15) is 0 Å². The van der Waals surface area contributed by atoms with E-state index in [1.54, 1.807) is 0 Å². The van der Waals surface area contributed by atoms with Crippen LogP contribution in [0.1, 0.15) is 6.29 Å². The van der Waals surface area contributed by atoms with Crippen molar-refractivity contribution < 1.29 is 0 Å². The van der Waals surface area contributed by atoms with E-state index in [0.29, 0.717) is 0 Å². The van der Waals surface area contributed by atoms with Gasteiger partial charge in [0.05, 0.1) is 44.1 Å². The third kappa shape index (κ3) is 3.92. The number of rotatable bonds is 3. The fourth-order valence-corrected chi connectivity index (χ4v) is 9.64. The summed E-state index contributed by atoms with van der Waals surface area (Å²) >= 11 is 0. The molecule has 4 aromatic heterocycles. The molecule has 13 rings (SSSR count). The molecule has 0 amide bonds. The van der Waals surface area contributed by atoms with Gasteiger partial charge in [-0.1, -0.05) is 97.1 Å². The summed E-state index contributed by atoms with van der Waals surface area (Å²) in [7, 11) is 0. The molecule has 1 unspecified atom stereocenters. The molecule has 6 nitrogen and oxygen atoms in total. The lowest BCUT2D eigenvalue weighted by Gasteiger charge is -2.32. The molecule has 262 valence electrons. The van der Waals surface area contributed by atoms with Crippen LogP contribution in [0.4, 0.5) is 5.69 Å². The Bertz CT molecular complexity index is 3320. The van der Waals surface area contributed by atoms with Gasteiger partial charge in [-0.15, -0.1) is 0 Å². The SMILES string of the molecule is c1ccc2c(c1)NC(n1c3ccc(-n4c5ccccc5c5ccccc54)cc3c3cc(-n4c5ccccc5c5ccccc54)ccc31)n1c-2nc2ccccc21. The quantitative estimate of drug-likeness (QED) is 0.198. The molecule has 1 aliphatic rings. The summed E-state index contributed by atoms with van der Waals surface area (Å²) in [6.07, 6.45) is -0.273.